The molecule has 0 fully saturated rings. The van der Waals surface area contributed by atoms with E-state index in [1.54, 1.807) is 0 Å². The van der Waals surface area contributed by atoms with Crippen molar-refractivity contribution < 1.29 is 0 Å². The molecule has 0 radical (unpaired) electrons. The van der Waals surface area contributed by atoms with E-state index in [0.29, 0.717) is 6.54 Å². The number of rotatable bonds is 4. The van der Waals surface area contributed by atoms with Crippen LogP contribution >= 0.6 is 27.5 Å². The van der Waals surface area contributed by atoms with Gasteiger partial charge in [0.05, 0.1) is 6.04 Å². The van der Waals surface area contributed by atoms with Gasteiger partial charge in [0.25, 0.3) is 0 Å². The van der Waals surface area contributed by atoms with Crippen LogP contribution in [-0.4, -0.2) is 6.54 Å². The van der Waals surface area contributed by atoms with Crippen LogP contribution in [0.25, 0.3) is 0 Å². The fraction of sp³-hybridized carbons (Fsp3) is 0.250. The number of anilines is 1. The number of nitrogens with one attached hydrogen (secondary N) is 1. The van der Waals surface area contributed by atoms with Crippen LogP contribution < -0.4 is 11.1 Å². The second-order valence-electron chi connectivity index (χ2n) is 4.88. The van der Waals surface area contributed by atoms with Crippen molar-refractivity contribution in [3.63, 3.8) is 0 Å². The molecule has 0 aliphatic carbocycles. The predicted octanol–water partition coefficient (Wildman–Crippen LogP) is 4.83. The van der Waals surface area contributed by atoms with Crippen molar-refractivity contribution >= 4 is 33.2 Å². The topological polar surface area (TPSA) is 38.0 Å². The maximum atomic E-state index is 6.25. The largest absolute Gasteiger partial charge is 0.377 e. The zero-order valence-electron chi connectivity index (χ0n) is 11.6. The van der Waals surface area contributed by atoms with Gasteiger partial charge >= 0.3 is 0 Å². The van der Waals surface area contributed by atoms with Crippen LogP contribution in [0.15, 0.2) is 40.9 Å². The Bertz CT molecular complexity index is 590. The van der Waals surface area contributed by atoms with Crippen molar-refractivity contribution in [2.24, 2.45) is 5.73 Å². The van der Waals surface area contributed by atoms with E-state index in [0.717, 1.165) is 20.7 Å². The summed E-state index contributed by atoms with van der Waals surface area (Å²) >= 11 is 9.83. The SMILES string of the molecule is Cc1cc(NC(CN)c2ccccc2Cl)cc(C)c1Br. The summed E-state index contributed by atoms with van der Waals surface area (Å²) < 4.78 is 1.14. The standard InChI is InChI=1S/C16H18BrClN2/c1-10-7-12(8-11(2)16(10)17)20-15(9-19)13-5-3-4-6-14(13)18/h3-8,15,20H,9,19H2,1-2H3. The summed E-state index contributed by atoms with van der Waals surface area (Å²) in [4.78, 5) is 0. The van der Waals surface area contributed by atoms with Gasteiger partial charge in [-0.2, -0.15) is 0 Å². The minimum atomic E-state index is 0.00340. The van der Waals surface area contributed by atoms with Gasteiger partial charge in [-0.15, -0.1) is 0 Å². The molecule has 1 unspecified atom stereocenters. The van der Waals surface area contributed by atoms with Gasteiger partial charge in [0, 0.05) is 21.7 Å². The van der Waals surface area contributed by atoms with Gasteiger partial charge in [0.2, 0.25) is 0 Å². The van der Waals surface area contributed by atoms with Gasteiger partial charge in [0.1, 0.15) is 0 Å². The maximum absolute atomic E-state index is 6.25. The summed E-state index contributed by atoms with van der Waals surface area (Å²) in [7, 11) is 0. The maximum Gasteiger partial charge on any atom is 0.0650 e. The number of halogens is 2. The average Bonchev–Trinajstić information content (AvgIpc) is 2.43. The lowest BCUT2D eigenvalue weighted by Gasteiger charge is -2.21. The third kappa shape index (κ3) is 3.35. The molecule has 0 spiro atoms. The van der Waals surface area contributed by atoms with E-state index < -0.39 is 0 Å². The van der Waals surface area contributed by atoms with Crippen molar-refractivity contribution in [1.29, 1.82) is 0 Å². The summed E-state index contributed by atoms with van der Waals surface area (Å²) in [6, 6.07) is 12.0. The molecule has 2 aromatic rings. The van der Waals surface area contributed by atoms with Crippen LogP contribution in [-0.2, 0) is 0 Å². The van der Waals surface area contributed by atoms with Gasteiger partial charge in [-0.1, -0.05) is 45.7 Å². The second kappa shape index (κ2) is 6.61. The van der Waals surface area contributed by atoms with Gasteiger partial charge < -0.3 is 11.1 Å². The van der Waals surface area contributed by atoms with Crippen molar-refractivity contribution in [3.05, 3.63) is 62.6 Å². The third-order valence-electron chi connectivity index (χ3n) is 3.29. The minimum absolute atomic E-state index is 0.00340. The smallest absolute Gasteiger partial charge is 0.0650 e. The number of aryl methyl sites for hydroxylation is 2. The summed E-state index contributed by atoms with van der Waals surface area (Å²) in [5, 5.41) is 4.20. The Morgan fingerprint density at radius 1 is 1.20 bits per heavy atom. The van der Waals surface area contributed by atoms with Crippen LogP contribution in [0, 0.1) is 13.8 Å². The first kappa shape index (κ1) is 15.4. The zero-order chi connectivity index (χ0) is 14.7. The monoisotopic (exact) mass is 352 g/mol. The van der Waals surface area contributed by atoms with Crippen molar-refractivity contribution in [2.45, 2.75) is 19.9 Å². The molecule has 2 rings (SSSR count). The highest BCUT2D eigenvalue weighted by Crippen LogP contribution is 2.29. The van der Waals surface area contributed by atoms with Gasteiger partial charge in [-0.25, -0.2) is 0 Å². The Kier molecular flexibility index (Phi) is 5.08. The fourth-order valence-corrected chi connectivity index (χ4v) is 2.75. The highest BCUT2D eigenvalue weighted by Gasteiger charge is 2.13. The molecule has 0 aromatic heterocycles. The molecule has 0 saturated heterocycles. The lowest BCUT2D eigenvalue weighted by Crippen LogP contribution is -2.21. The van der Waals surface area contributed by atoms with E-state index >= 15 is 0 Å². The van der Waals surface area contributed by atoms with Crippen LogP contribution in [0.5, 0.6) is 0 Å². The molecule has 106 valence electrons. The first-order valence-electron chi connectivity index (χ1n) is 6.50. The summed E-state index contributed by atoms with van der Waals surface area (Å²) in [5.74, 6) is 0. The normalized spacial score (nSPS) is 12.2. The third-order valence-corrected chi connectivity index (χ3v) is 4.89. The summed E-state index contributed by atoms with van der Waals surface area (Å²) in [6.45, 7) is 4.64. The molecule has 4 heteroatoms. The molecule has 20 heavy (non-hydrogen) atoms. The molecular weight excluding hydrogens is 336 g/mol. The highest BCUT2D eigenvalue weighted by atomic mass is 79.9. The number of hydrogen-bond donors (Lipinski definition) is 2. The number of nitrogens with two attached hydrogens (primary N) is 1. The van der Waals surface area contributed by atoms with E-state index in [2.05, 4.69) is 47.2 Å². The average molecular weight is 354 g/mol. The number of hydrogen-bond acceptors (Lipinski definition) is 2. The molecule has 0 saturated carbocycles. The Morgan fingerprint density at radius 3 is 2.35 bits per heavy atom. The first-order chi connectivity index (χ1) is 9.52. The van der Waals surface area contributed by atoms with E-state index in [-0.39, 0.29) is 6.04 Å². The van der Waals surface area contributed by atoms with Crippen molar-refractivity contribution in [3.8, 4) is 0 Å². The minimum Gasteiger partial charge on any atom is -0.377 e. The van der Waals surface area contributed by atoms with Gasteiger partial charge in [-0.05, 0) is 48.7 Å². The van der Waals surface area contributed by atoms with Crippen molar-refractivity contribution in [2.75, 3.05) is 11.9 Å². The Labute approximate surface area is 133 Å². The van der Waals surface area contributed by atoms with Crippen LogP contribution in [0.4, 0.5) is 5.69 Å². The lowest BCUT2D eigenvalue weighted by molar-refractivity contribution is 0.790. The van der Waals surface area contributed by atoms with E-state index in [4.69, 9.17) is 17.3 Å². The Morgan fingerprint density at radius 2 is 1.80 bits per heavy atom. The van der Waals surface area contributed by atoms with Gasteiger partial charge in [-0.3, -0.25) is 0 Å². The molecule has 3 N–H and O–H groups in total. The molecule has 0 aliphatic heterocycles. The second-order valence-corrected chi connectivity index (χ2v) is 6.08. The van der Waals surface area contributed by atoms with Crippen LogP contribution in [0.3, 0.4) is 0 Å². The molecule has 0 amide bonds. The van der Waals surface area contributed by atoms with Crippen LogP contribution in [0.2, 0.25) is 5.02 Å². The Hall–Kier alpha value is -1.03. The molecule has 0 aliphatic rings. The van der Waals surface area contributed by atoms with E-state index in [1.807, 2.05) is 24.3 Å². The first-order valence-corrected chi connectivity index (χ1v) is 7.67. The summed E-state index contributed by atoms with van der Waals surface area (Å²) in [5.41, 5.74) is 10.4. The van der Waals surface area contributed by atoms with Crippen LogP contribution in [0.1, 0.15) is 22.7 Å². The lowest BCUT2D eigenvalue weighted by atomic mass is 10.1. The predicted molar refractivity (Wildman–Crippen MR) is 90.5 cm³/mol. The fourth-order valence-electron chi connectivity index (χ4n) is 2.25. The molecule has 2 nitrogen and oxygen atoms in total. The highest BCUT2D eigenvalue weighted by molar-refractivity contribution is 9.10. The zero-order valence-corrected chi connectivity index (χ0v) is 13.9. The molecule has 1 atom stereocenters. The molecular formula is C16H18BrClN2. The molecule has 2 aromatic carbocycles. The Balaban J connectivity index is 2.30. The van der Waals surface area contributed by atoms with Gasteiger partial charge in [0.15, 0.2) is 0 Å². The quantitative estimate of drug-likeness (QED) is 0.826. The molecule has 0 bridgehead atoms. The molecule has 0 heterocycles. The van der Waals surface area contributed by atoms with E-state index in [1.165, 1.54) is 11.1 Å². The van der Waals surface area contributed by atoms with Crippen molar-refractivity contribution in [1.82, 2.24) is 0 Å². The summed E-state index contributed by atoms with van der Waals surface area (Å²) in [6.07, 6.45) is 0. The van der Waals surface area contributed by atoms with E-state index in [9.17, 15) is 0 Å². The number of benzene rings is 2.